The van der Waals surface area contributed by atoms with Crippen molar-refractivity contribution < 1.29 is 9.53 Å². The number of hydrogen-bond acceptors (Lipinski definition) is 7. The van der Waals surface area contributed by atoms with E-state index in [9.17, 15) is 10.1 Å². The molecular formula is C28H33N7O2. The van der Waals surface area contributed by atoms with Gasteiger partial charge < -0.3 is 20.7 Å². The first kappa shape index (κ1) is 27.1. The smallest absolute Gasteiger partial charge is 0.288 e. The average Bonchev–Trinajstić information content (AvgIpc) is 2.93. The lowest BCUT2D eigenvalue weighted by Gasteiger charge is -2.20. The second kappa shape index (κ2) is 12.0. The number of benzene rings is 2. The van der Waals surface area contributed by atoms with Crippen molar-refractivity contribution in [3.05, 3.63) is 71.2 Å². The summed E-state index contributed by atoms with van der Waals surface area (Å²) in [6.07, 6.45) is 2.83. The highest BCUT2D eigenvalue weighted by molar-refractivity contribution is 6.04. The predicted molar refractivity (Wildman–Crippen MR) is 148 cm³/mol. The van der Waals surface area contributed by atoms with Crippen molar-refractivity contribution in [2.45, 2.75) is 46.0 Å². The van der Waals surface area contributed by atoms with Crippen molar-refractivity contribution in [1.82, 2.24) is 9.97 Å². The Morgan fingerprint density at radius 2 is 1.95 bits per heavy atom. The number of aromatic nitrogens is 2. The van der Waals surface area contributed by atoms with Crippen LogP contribution in [0.3, 0.4) is 0 Å². The fourth-order valence-electron chi connectivity index (χ4n) is 3.74. The summed E-state index contributed by atoms with van der Waals surface area (Å²) in [6.45, 7) is 7.81. The molecule has 9 nitrogen and oxygen atoms in total. The number of carbonyl (C=O) groups excluding carboxylic acids is 1. The van der Waals surface area contributed by atoms with Crippen molar-refractivity contribution in [2.75, 3.05) is 30.1 Å². The number of anilines is 4. The number of ether oxygens (including phenoxy) is 1. The van der Waals surface area contributed by atoms with Gasteiger partial charge in [0, 0.05) is 24.0 Å². The highest BCUT2D eigenvalue weighted by Gasteiger charge is 2.25. The molecule has 3 rings (SSSR count). The Bertz CT molecular complexity index is 1350. The van der Waals surface area contributed by atoms with Gasteiger partial charge in [-0.25, -0.2) is 15.0 Å². The lowest BCUT2D eigenvalue weighted by molar-refractivity contribution is 0.102. The van der Waals surface area contributed by atoms with Crippen molar-refractivity contribution in [1.29, 1.82) is 5.26 Å². The summed E-state index contributed by atoms with van der Waals surface area (Å²) in [5, 5.41) is 19.1. The number of amidine groups is 1. The molecule has 192 valence electrons. The molecule has 0 aliphatic rings. The molecule has 0 radical (unpaired) electrons. The van der Waals surface area contributed by atoms with E-state index in [0.717, 1.165) is 22.5 Å². The van der Waals surface area contributed by atoms with Crippen LogP contribution < -0.4 is 16.0 Å². The van der Waals surface area contributed by atoms with Gasteiger partial charge >= 0.3 is 0 Å². The molecule has 3 N–H and O–H groups in total. The SMILES string of the molecule is CCc1ncnc(Nc2cc(NC(=O)c3cccc(C(C)(C#N)CC)c3)ccc2C)c1NC(=NC)OC. The van der Waals surface area contributed by atoms with Gasteiger partial charge in [0.2, 0.25) is 0 Å². The van der Waals surface area contributed by atoms with Crippen LogP contribution >= 0.6 is 0 Å². The number of aryl methyl sites for hydroxylation is 2. The van der Waals surface area contributed by atoms with E-state index in [0.29, 0.717) is 41.6 Å². The van der Waals surface area contributed by atoms with Crippen LogP contribution in [0.25, 0.3) is 0 Å². The molecule has 9 heteroatoms. The summed E-state index contributed by atoms with van der Waals surface area (Å²) < 4.78 is 5.27. The van der Waals surface area contributed by atoms with Crippen molar-refractivity contribution in [2.24, 2.45) is 4.99 Å². The van der Waals surface area contributed by atoms with Crippen molar-refractivity contribution in [3.8, 4) is 6.07 Å². The summed E-state index contributed by atoms with van der Waals surface area (Å²) in [4.78, 5) is 26.0. The van der Waals surface area contributed by atoms with Gasteiger partial charge in [-0.15, -0.1) is 0 Å². The minimum Gasteiger partial charge on any atom is -0.468 e. The molecule has 0 saturated heterocycles. The minimum absolute atomic E-state index is 0.255. The van der Waals surface area contributed by atoms with E-state index < -0.39 is 5.41 Å². The molecule has 0 aliphatic heterocycles. The Balaban J connectivity index is 1.89. The first-order valence-electron chi connectivity index (χ1n) is 12.1. The standard InChI is InChI=1S/C28H33N7O2/c1-7-22-24(35-27(30-5)37-6)25(32-17-31-22)34-23-15-21(13-12-18(23)3)33-26(36)19-10-9-11-20(14-19)28(4,8-2)16-29/h9-15,17H,7-8H2,1-6H3,(H,30,35)(H,33,36)(H,31,32,34). The van der Waals surface area contributed by atoms with Gasteiger partial charge in [0.1, 0.15) is 12.0 Å². The molecule has 0 spiro atoms. The lowest BCUT2D eigenvalue weighted by atomic mass is 9.81. The number of nitrogens with zero attached hydrogens (tertiary/aromatic N) is 4. The Morgan fingerprint density at radius 3 is 2.59 bits per heavy atom. The van der Waals surface area contributed by atoms with Crippen LogP contribution in [0.5, 0.6) is 0 Å². The number of methoxy groups -OCH3 is 1. The number of aliphatic imine (C=N–C) groups is 1. The fraction of sp³-hybridized carbons (Fsp3) is 0.321. The largest absolute Gasteiger partial charge is 0.468 e. The predicted octanol–water partition coefficient (Wildman–Crippen LogP) is 5.58. The van der Waals surface area contributed by atoms with Crippen LogP contribution in [-0.4, -0.2) is 36.1 Å². The number of carbonyl (C=O) groups is 1. The molecule has 1 heterocycles. The van der Waals surface area contributed by atoms with E-state index in [2.05, 4.69) is 37.0 Å². The quantitative estimate of drug-likeness (QED) is 0.273. The third-order valence-corrected chi connectivity index (χ3v) is 6.35. The Hall–Kier alpha value is -4.45. The zero-order chi connectivity index (χ0) is 27.0. The van der Waals surface area contributed by atoms with E-state index in [1.165, 1.54) is 13.4 Å². The first-order valence-corrected chi connectivity index (χ1v) is 12.1. The second-order valence-corrected chi connectivity index (χ2v) is 8.74. The van der Waals surface area contributed by atoms with Crippen molar-refractivity contribution >= 4 is 34.8 Å². The van der Waals surface area contributed by atoms with E-state index >= 15 is 0 Å². The number of rotatable bonds is 8. The molecule has 0 bridgehead atoms. The normalized spacial score (nSPS) is 12.7. The van der Waals surface area contributed by atoms with Crippen LogP contribution in [0.2, 0.25) is 0 Å². The van der Waals surface area contributed by atoms with Crippen LogP contribution in [0.4, 0.5) is 22.9 Å². The summed E-state index contributed by atoms with van der Waals surface area (Å²) in [5.74, 6) is 0.300. The highest BCUT2D eigenvalue weighted by atomic mass is 16.5. The zero-order valence-electron chi connectivity index (χ0n) is 22.1. The summed E-state index contributed by atoms with van der Waals surface area (Å²) in [6, 6.07) is 15.5. The topological polar surface area (TPSA) is 124 Å². The molecule has 1 unspecified atom stereocenters. The van der Waals surface area contributed by atoms with Crippen LogP contribution in [0, 0.1) is 18.3 Å². The molecule has 1 amide bonds. The summed E-state index contributed by atoms with van der Waals surface area (Å²) >= 11 is 0. The average molecular weight is 500 g/mol. The summed E-state index contributed by atoms with van der Waals surface area (Å²) in [7, 11) is 3.16. The molecule has 1 atom stereocenters. The van der Waals surface area contributed by atoms with Gasteiger partial charge in [-0.2, -0.15) is 5.26 Å². The fourth-order valence-corrected chi connectivity index (χ4v) is 3.74. The van der Waals surface area contributed by atoms with Gasteiger partial charge in [-0.3, -0.25) is 4.79 Å². The molecule has 3 aromatic rings. The molecule has 0 saturated carbocycles. The van der Waals surface area contributed by atoms with Crippen molar-refractivity contribution in [3.63, 3.8) is 0 Å². The van der Waals surface area contributed by atoms with E-state index in [1.807, 2.05) is 52.0 Å². The maximum absolute atomic E-state index is 13.1. The maximum Gasteiger partial charge on any atom is 0.288 e. The van der Waals surface area contributed by atoms with Crippen LogP contribution in [0.1, 0.15) is 54.4 Å². The highest BCUT2D eigenvalue weighted by Crippen LogP contribution is 2.30. The first-order chi connectivity index (χ1) is 17.8. The Labute approximate surface area is 218 Å². The number of nitriles is 1. The van der Waals surface area contributed by atoms with Crippen LogP contribution in [-0.2, 0) is 16.6 Å². The van der Waals surface area contributed by atoms with Gasteiger partial charge in [0.25, 0.3) is 11.9 Å². The van der Waals surface area contributed by atoms with Gasteiger partial charge in [-0.1, -0.05) is 32.0 Å². The van der Waals surface area contributed by atoms with E-state index in [4.69, 9.17) is 4.74 Å². The minimum atomic E-state index is -0.650. The molecule has 1 aromatic heterocycles. The number of hydrogen-bond donors (Lipinski definition) is 3. The number of amides is 1. The summed E-state index contributed by atoms with van der Waals surface area (Å²) in [5.41, 5.74) is 4.47. The Kier molecular flexibility index (Phi) is 8.80. The molecule has 37 heavy (non-hydrogen) atoms. The monoisotopic (exact) mass is 499 g/mol. The van der Waals surface area contributed by atoms with E-state index in [-0.39, 0.29) is 5.91 Å². The maximum atomic E-state index is 13.1. The molecule has 0 aliphatic carbocycles. The van der Waals surface area contributed by atoms with Crippen LogP contribution in [0.15, 0.2) is 53.8 Å². The van der Waals surface area contributed by atoms with Gasteiger partial charge in [0.15, 0.2) is 5.82 Å². The lowest BCUT2D eigenvalue weighted by Crippen LogP contribution is -2.19. The Morgan fingerprint density at radius 1 is 1.16 bits per heavy atom. The number of nitrogens with one attached hydrogen (secondary N) is 3. The third kappa shape index (κ3) is 6.22. The molecule has 0 fully saturated rings. The van der Waals surface area contributed by atoms with Gasteiger partial charge in [0.05, 0.1) is 24.3 Å². The molecule has 2 aromatic carbocycles. The second-order valence-electron chi connectivity index (χ2n) is 8.74. The zero-order valence-corrected chi connectivity index (χ0v) is 22.1. The third-order valence-electron chi connectivity index (χ3n) is 6.35. The van der Waals surface area contributed by atoms with E-state index in [1.54, 1.807) is 25.2 Å². The van der Waals surface area contributed by atoms with Gasteiger partial charge in [-0.05, 0) is 62.1 Å². The molecular weight excluding hydrogens is 466 g/mol.